The highest BCUT2D eigenvalue weighted by Gasteiger charge is 2.14. The van der Waals surface area contributed by atoms with Crippen LogP contribution < -0.4 is 0 Å². The Kier molecular flexibility index (Phi) is 10.1. The standard InChI is InChI=1S/C31H38F2/c1-3-5-7-8-9-11-12-24-14-16-25(17-15-24)26-18-20-27(21-19-26)29-23-22-28(13-10-6-4-2)30(32)31(29)33/h14-23H,3-13H2,1-2H3. The first-order chi connectivity index (χ1) is 16.1. The van der Waals surface area contributed by atoms with Gasteiger partial charge in [-0.1, -0.05) is 119 Å². The second-order valence-corrected chi connectivity index (χ2v) is 9.15. The molecule has 2 heteroatoms. The Hall–Kier alpha value is -2.48. The van der Waals surface area contributed by atoms with Crippen molar-refractivity contribution in [1.29, 1.82) is 0 Å². The van der Waals surface area contributed by atoms with Gasteiger partial charge in [0.25, 0.3) is 0 Å². The molecule has 3 aromatic carbocycles. The van der Waals surface area contributed by atoms with Crippen molar-refractivity contribution >= 4 is 0 Å². The minimum absolute atomic E-state index is 0.326. The molecule has 0 N–H and O–H groups in total. The average Bonchev–Trinajstić information content (AvgIpc) is 2.85. The van der Waals surface area contributed by atoms with E-state index in [1.54, 1.807) is 12.1 Å². The smallest absolute Gasteiger partial charge is 0.166 e. The molecule has 0 saturated heterocycles. The number of rotatable bonds is 13. The van der Waals surface area contributed by atoms with Crippen LogP contribution in [0.3, 0.4) is 0 Å². The van der Waals surface area contributed by atoms with Crippen molar-refractivity contribution < 1.29 is 8.78 Å². The van der Waals surface area contributed by atoms with Crippen molar-refractivity contribution in [3.8, 4) is 22.3 Å². The molecule has 0 fully saturated rings. The van der Waals surface area contributed by atoms with Gasteiger partial charge in [0.15, 0.2) is 11.6 Å². The van der Waals surface area contributed by atoms with Crippen molar-refractivity contribution in [1.82, 2.24) is 0 Å². The van der Waals surface area contributed by atoms with E-state index in [-0.39, 0.29) is 0 Å². The van der Waals surface area contributed by atoms with Gasteiger partial charge in [0, 0.05) is 5.56 Å². The van der Waals surface area contributed by atoms with Crippen LogP contribution in [0.5, 0.6) is 0 Å². The molecule has 0 bridgehead atoms. The van der Waals surface area contributed by atoms with E-state index in [9.17, 15) is 8.78 Å². The molecule has 0 aliphatic heterocycles. The molecule has 0 saturated carbocycles. The normalized spacial score (nSPS) is 11.2. The Morgan fingerprint density at radius 3 is 1.67 bits per heavy atom. The molecular formula is C31H38F2. The van der Waals surface area contributed by atoms with Crippen LogP contribution in [0, 0.1) is 11.6 Å². The third-order valence-electron chi connectivity index (χ3n) is 6.51. The quantitative estimate of drug-likeness (QED) is 0.228. The predicted octanol–water partition coefficient (Wildman–Crippen LogP) is 9.93. The maximum Gasteiger partial charge on any atom is 0.166 e. The first-order valence-corrected chi connectivity index (χ1v) is 12.8. The summed E-state index contributed by atoms with van der Waals surface area (Å²) in [5.74, 6) is -1.44. The van der Waals surface area contributed by atoms with E-state index in [0.29, 0.717) is 23.1 Å². The third-order valence-corrected chi connectivity index (χ3v) is 6.51. The molecule has 0 aliphatic carbocycles. The Bertz CT molecular complexity index is 971. The van der Waals surface area contributed by atoms with E-state index in [1.165, 1.54) is 44.1 Å². The molecule has 0 radical (unpaired) electrons. The number of hydrogen-bond acceptors (Lipinski definition) is 0. The Morgan fingerprint density at radius 2 is 1.00 bits per heavy atom. The molecule has 0 unspecified atom stereocenters. The van der Waals surface area contributed by atoms with E-state index >= 15 is 0 Å². The fourth-order valence-corrected chi connectivity index (χ4v) is 4.39. The Labute approximate surface area is 199 Å². The summed E-state index contributed by atoms with van der Waals surface area (Å²) in [4.78, 5) is 0. The maximum absolute atomic E-state index is 14.7. The summed E-state index contributed by atoms with van der Waals surface area (Å²) in [6, 6.07) is 19.9. The molecule has 0 amide bonds. The van der Waals surface area contributed by atoms with Crippen LogP contribution >= 0.6 is 0 Å². The first kappa shape index (κ1) is 25.1. The van der Waals surface area contributed by atoms with Crippen LogP contribution in [0.4, 0.5) is 8.78 Å². The molecular weight excluding hydrogens is 410 g/mol. The van der Waals surface area contributed by atoms with Crippen LogP contribution in [0.2, 0.25) is 0 Å². The Balaban J connectivity index is 1.61. The summed E-state index contributed by atoms with van der Waals surface area (Å²) in [6.45, 7) is 4.36. The summed E-state index contributed by atoms with van der Waals surface area (Å²) in [6.07, 6.45) is 12.6. The van der Waals surface area contributed by atoms with Crippen molar-refractivity contribution in [2.24, 2.45) is 0 Å². The van der Waals surface area contributed by atoms with Gasteiger partial charge in [0.1, 0.15) is 0 Å². The zero-order chi connectivity index (χ0) is 23.5. The Morgan fingerprint density at radius 1 is 0.485 bits per heavy atom. The summed E-state index contributed by atoms with van der Waals surface area (Å²) in [7, 11) is 0. The lowest BCUT2D eigenvalue weighted by Gasteiger charge is -2.10. The van der Waals surface area contributed by atoms with Crippen LogP contribution in [0.1, 0.15) is 82.8 Å². The zero-order valence-corrected chi connectivity index (χ0v) is 20.3. The lowest BCUT2D eigenvalue weighted by Crippen LogP contribution is -1.97. The van der Waals surface area contributed by atoms with Gasteiger partial charge in [-0.25, -0.2) is 8.78 Å². The van der Waals surface area contributed by atoms with Crippen molar-refractivity contribution in [3.05, 3.63) is 83.4 Å². The van der Waals surface area contributed by atoms with Gasteiger partial charge in [-0.3, -0.25) is 0 Å². The second kappa shape index (κ2) is 13.3. The van der Waals surface area contributed by atoms with Gasteiger partial charge in [0.2, 0.25) is 0 Å². The number of halogens is 2. The molecule has 176 valence electrons. The molecule has 0 nitrogen and oxygen atoms in total. The number of benzene rings is 3. The van der Waals surface area contributed by atoms with E-state index in [1.807, 2.05) is 24.3 Å². The monoisotopic (exact) mass is 448 g/mol. The van der Waals surface area contributed by atoms with Gasteiger partial charge in [0.05, 0.1) is 0 Å². The molecule has 3 aromatic rings. The number of hydrogen-bond donors (Lipinski definition) is 0. The van der Waals surface area contributed by atoms with E-state index in [2.05, 4.69) is 38.1 Å². The van der Waals surface area contributed by atoms with Crippen molar-refractivity contribution in [3.63, 3.8) is 0 Å². The van der Waals surface area contributed by atoms with Crippen molar-refractivity contribution in [2.45, 2.75) is 84.5 Å². The average molecular weight is 449 g/mol. The summed E-state index contributed by atoms with van der Waals surface area (Å²) < 4.78 is 29.3. The first-order valence-electron chi connectivity index (χ1n) is 12.8. The SMILES string of the molecule is CCCCCCCCc1ccc(-c2ccc(-c3ccc(CCCCC)c(F)c3F)cc2)cc1. The second-order valence-electron chi connectivity index (χ2n) is 9.15. The fourth-order valence-electron chi connectivity index (χ4n) is 4.39. The largest absolute Gasteiger partial charge is 0.203 e. The number of unbranched alkanes of at least 4 members (excludes halogenated alkanes) is 7. The zero-order valence-electron chi connectivity index (χ0n) is 20.3. The summed E-state index contributed by atoms with van der Waals surface area (Å²) in [5.41, 5.74) is 5.11. The number of aryl methyl sites for hydroxylation is 2. The van der Waals surface area contributed by atoms with Gasteiger partial charge in [-0.15, -0.1) is 0 Å². The highest BCUT2D eigenvalue weighted by atomic mass is 19.2. The van der Waals surface area contributed by atoms with Gasteiger partial charge in [-0.2, -0.15) is 0 Å². The minimum Gasteiger partial charge on any atom is -0.203 e. The lowest BCUT2D eigenvalue weighted by molar-refractivity contribution is 0.498. The van der Waals surface area contributed by atoms with E-state index in [4.69, 9.17) is 0 Å². The molecule has 33 heavy (non-hydrogen) atoms. The van der Waals surface area contributed by atoms with Gasteiger partial charge >= 0.3 is 0 Å². The lowest BCUT2D eigenvalue weighted by atomic mass is 9.97. The van der Waals surface area contributed by atoms with E-state index < -0.39 is 11.6 Å². The molecule has 0 spiro atoms. The molecule has 0 heterocycles. The summed E-state index contributed by atoms with van der Waals surface area (Å²) >= 11 is 0. The van der Waals surface area contributed by atoms with Crippen LogP contribution in [0.15, 0.2) is 60.7 Å². The fraction of sp³-hybridized carbons (Fsp3) is 0.419. The van der Waals surface area contributed by atoms with Crippen LogP contribution in [0.25, 0.3) is 22.3 Å². The maximum atomic E-state index is 14.7. The van der Waals surface area contributed by atoms with Crippen LogP contribution in [-0.2, 0) is 12.8 Å². The molecule has 3 rings (SSSR count). The molecule has 0 aliphatic rings. The molecule has 0 aromatic heterocycles. The topological polar surface area (TPSA) is 0 Å². The van der Waals surface area contributed by atoms with Crippen LogP contribution in [-0.4, -0.2) is 0 Å². The van der Waals surface area contributed by atoms with E-state index in [0.717, 1.165) is 36.8 Å². The summed E-state index contributed by atoms with van der Waals surface area (Å²) in [5, 5.41) is 0. The highest BCUT2D eigenvalue weighted by molar-refractivity contribution is 5.71. The van der Waals surface area contributed by atoms with Gasteiger partial charge < -0.3 is 0 Å². The molecule has 0 atom stereocenters. The third kappa shape index (κ3) is 7.25. The minimum atomic E-state index is -0.740. The highest BCUT2D eigenvalue weighted by Crippen LogP contribution is 2.29. The van der Waals surface area contributed by atoms with Gasteiger partial charge in [-0.05, 0) is 53.5 Å². The predicted molar refractivity (Wildman–Crippen MR) is 138 cm³/mol. The van der Waals surface area contributed by atoms with Crippen molar-refractivity contribution in [2.75, 3.05) is 0 Å².